The van der Waals surface area contributed by atoms with Crippen LogP contribution in [0.5, 0.6) is 0 Å². The van der Waals surface area contributed by atoms with Gasteiger partial charge in [0.1, 0.15) is 6.54 Å². The normalized spacial score (nSPS) is 19.7. The van der Waals surface area contributed by atoms with E-state index >= 15 is 0 Å². The Bertz CT molecular complexity index is 532. The molecular weight excluding hydrogens is 300 g/mol. The van der Waals surface area contributed by atoms with Gasteiger partial charge in [0.2, 0.25) is 11.8 Å². The summed E-state index contributed by atoms with van der Waals surface area (Å²) >= 11 is 1.57. The monoisotopic (exact) mass is 320 g/mol. The first-order valence-electron chi connectivity index (χ1n) is 7.47. The fraction of sp³-hybridized carbons (Fsp3) is 0.533. The van der Waals surface area contributed by atoms with E-state index in [9.17, 15) is 9.59 Å². The Morgan fingerprint density at radius 2 is 1.91 bits per heavy atom. The summed E-state index contributed by atoms with van der Waals surface area (Å²) < 4.78 is 0. The topological polar surface area (TPSA) is 56.8 Å². The average Bonchev–Trinajstić information content (AvgIpc) is 2.94. The van der Waals surface area contributed by atoms with E-state index in [0.717, 1.165) is 32.7 Å². The van der Waals surface area contributed by atoms with E-state index in [1.54, 1.807) is 29.1 Å². The van der Waals surface area contributed by atoms with Crippen molar-refractivity contribution in [1.82, 2.24) is 19.7 Å². The standard InChI is InChI=1S/C15H20N4O2S/c20-14(10-19-12-22-11-15(19)21)18-7-5-17(6-8-18)9-13-1-3-16-4-2-13/h1-4H,5-12H2. The predicted molar refractivity (Wildman–Crippen MR) is 85.1 cm³/mol. The van der Waals surface area contributed by atoms with E-state index in [1.165, 1.54) is 5.56 Å². The molecule has 7 heteroatoms. The lowest BCUT2D eigenvalue weighted by atomic mass is 10.2. The van der Waals surface area contributed by atoms with Crippen molar-refractivity contribution < 1.29 is 9.59 Å². The number of nitrogens with zero attached hydrogens (tertiary/aromatic N) is 4. The van der Waals surface area contributed by atoms with Gasteiger partial charge in [-0.25, -0.2) is 0 Å². The molecule has 0 radical (unpaired) electrons. The number of rotatable bonds is 4. The summed E-state index contributed by atoms with van der Waals surface area (Å²) in [5.41, 5.74) is 1.24. The summed E-state index contributed by atoms with van der Waals surface area (Å²) in [6.07, 6.45) is 3.61. The molecular formula is C15H20N4O2S. The molecule has 1 aromatic rings. The van der Waals surface area contributed by atoms with Gasteiger partial charge in [0.15, 0.2) is 0 Å². The van der Waals surface area contributed by atoms with Crippen molar-refractivity contribution in [2.75, 3.05) is 44.4 Å². The summed E-state index contributed by atoms with van der Waals surface area (Å²) in [7, 11) is 0. The Labute approximate surface area is 134 Å². The van der Waals surface area contributed by atoms with Gasteiger partial charge in [-0.2, -0.15) is 0 Å². The molecule has 2 aliphatic heterocycles. The van der Waals surface area contributed by atoms with Gasteiger partial charge in [-0.05, 0) is 17.7 Å². The minimum atomic E-state index is 0.0689. The van der Waals surface area contributed by atoms with E-state index in [-0.39, 0.29) is 18.4 Å². The molecule has 2 fully saturated rings. The number of hydrogen-bond acceptors (Lipinski definition) is 5. The summed E-state index contributed by atoms with van der Waals surface area (Å²) in [6.45, 7) is 4.34. The minimum Gasteiger partial charge on any atom is -0.339 e. The van der Waals surface area contributed by atoms with Crippen LogP contribution in [0.25, 0.3) is 0 Å². The fourth-order valence-corrected chi connectivity index (χ4v) is 3.61. The van der Waals surface area contributed by atoms with E-state index in [1.807, 2.05) is 17.0 Å². The third-order valence-electron chi connectivity index (χ3n) is 4.03. The van der Waals surface area contributed by atoms with Gasteiger partial charge < -0.3 is 9.80 Å². The summed E-state index contributed by atoms with van der Waals surface area (Å²) in [5.74, 6) is 1.30. The van der Waals surface area contributed by atoms with E-state index < -0.39 is 0 Å². The number of hydrogen-bond donors (Lipinski definition) is 0. The zero-order chi connectivity index (χ0) is 15.4. The van der Waals surface area contributed by atoms with Crippen LogP contribution < -0.4 is 0 Å². The van der Waals surface area contributed by atoms with Gasteiger partial charge in [-0.3, -0.25) is 19.5 Å². The summed E-state index contributed by atoms with van der Waals surface area (Å²) in [6, 6.07) is 4.04. The summed E-state index contributed by atoms with van der Waals surface area (Å²) in [4.78, 5) is 33.7. The molecule has 118 valence electrons. The van der Waals surface area contributed by atoms with Crippen molar-refractivity contribution in [2.24, 2.45) is 0 Å². The van der Waals surface area contributed by atoms with Crippen LogP contribution in [0.1, 0.15) is 5.56 Å². The number of piperazine rings is 1. The van der Waals surface area contributed by atoms with E-state index in [0.29, 0.717) is 11.6 Å². The molecule has 1 aromatic heterocycles. The number of thioether (sulfide) groups is 1. The molecule has 0 bridgehead atoms. The van der Waals surface area contributed by atoms with E-state index in [2.05, 4.69) is 9.88 Å². The molecule has 3 heterocycles. The molecule has 0 atom stereocenters. The molecule has 22 heavy (non-hydrogen) atoms. The van der Waals surface area contributed by atoms with Crippen LogP contribution in [0.2, 0.25) is 0 Å². The quantitative estimate of drug-likeness (QED) is 0.796. The van der Waals surface area contributed by atoms with Crippen molar-refractivity contribution in [2.45, 2.75) is 6.54 Å². The molecule has 2 aliphatic rings. The number of carbonyl (C=O) groups is 2. The second-order valence-corrected chi connectivity index (χ2v) is 6.54. The smallest absolute Gasteiger partial charge is 0.242 e. The van der Waals surface area contributed by atoms with Gasteiger partial charge in [0.25, 0.3) is 0 Å². The fourth-order valence-electron chi connectivity index (χ4n) is 2.71. The highest BCUT2D eigenvalue weighted by molar-refractivity contribution is 8.00. The van der Waals surface area contributed by atoms with Crippen molar-refractivity contribution >= 4 is 23.6 Å². The van der Waals surface area contributed by atoms with E-state index in [4.69, 9.17) is 0 Å². The molecule has 3 rings (SSSR count). The molecule has 0 unspecified atom stereocenters. The first kappa shape index (κ1) is 15.3. The van der Waals surface area contributed by atoms with Crippen LogP contribution >= 0.6 is 11.8 Å². The first-order valence-corrected chi connectivity index (χ1v) is 8.62. The zero-order valence-corrected chi connectivity index (χ0v) is 13.3. The lowest BCUT2D eigenvalue weighted by molar-refractivity contribution is -0.139. The number of aromatic nitrogens is 1. The van der Waals surface area contributed by atoms with Crippen molar-refractivity contribution in [3.63, 3.8) is 0 Å². The molecule has 2 amide bonds. The number of amides is 2. The maximum absolute atomic E-state index is 12.3. The predicted octanol–water partition coefficient (Wildman–Crippen LogP) is 0.259. The van der Waals surface area contributed by atoms with Crippen LogP contribution in [-0.4, -0.2) is 75.9 Å². The minimum absolute atomic E-state index is 0.0689. The van der Waals surface area contributed by atoms with Crippen LogP contribution in [-0.2, 0) is 16.1 Å². The van der Waals surface area contributed by atoms with Crippen LogP contribution in [0.15, 0.2) is 24.5 Å². The molecule has 0 N–H and O–H groups in total. The van der Waals surface area contributed by atoms with Gasteiger partial charge in [-0.1, -0.05) is 0 Å². The molecule has 2 saturated heterocycles. The Morgan fingerprint density at radius 3 is 2.55 bits per heavy atom. The molecule has 0 aromatic carbocycles. The van der Waals surface area contributed by atoms with Crippen molar-refractivity contribution in [3.8, 4) is 0 Å². The SMILES string of the molecule is O=C(CN1CSCC1=O)N1CCN(Cc2ccncc2)CC1. The highest BCUT2D eigenvalue weighted by Gasteiger charge is 2.27. The highest BCUT2D eigenvalue weighted by atomic mass is 32.2. The zero-order valence-electron chi connectivity index (χ0n) is 12.5. The lowest BCUT2D eigenvalue weighted by Crippen LogP contribution is -2.51. The van der Waals surface area contributed by atoms with Gasteiger partial charge in [0.05, 0.1) is 11.6 Å². The van der Waals surface area contributed by atoms with Crippen molar-refractivity contribution in [3.05, 3.63) is 30.1 Å². The Morgan fingerprint density at radius 1 is 1.18 bits per heavy atom. The maximum atomic E-state index is 12.3. The summed E-state index contributed by atoms with van der Waals surface area (Å²) in [5, 5.41) is 0. The second kappa shape index (κ2) is 7.11. The largest absolute Gasteiger partial charge is 0.339 e. The Balaban J connectivity index is 1.45. The lowest BCUT2D eigenvalue weighted by Gasteiger charge is -2.35. The number of carbonyl (C=O) groups excluding carboxylic acids is 2. The average molecular weight is 320 g/mol. The maximum Gasteiger partial charge on any atom is 0.242 e. The van der Waals surface area contributed by atoms with Crippen LogP contribution in [0, 0.1) is 0 Å². The van der Waals surface area contributed by atoms with Gasteiger partial charge in [-0.15, -0.1) is 11.8 Å². The third kappa shape index (κ3) is 3.78. The van der Waals surface area contributed by atoms with Gasteiger partial charge >= 0.3 is 0 Å². The molecule has 0 saturated carbocycles. The van der Waals surface area contributed by atoms with Crippen LogP contribution in [0.4, 0.5) is 0 Å². The van der Waals surface area contributed by atoms with Gasteiger partial charge in [0, 0.05) is 45.1 Å². The Hall–Kier alpha value is -1.60. The first-order chi connectivity index (χ1) is 10.7. The molecule has 0 spiro atoms. The molecule has 6 nitrogen and oxygen atoms in total. The Kier molecular flexibility index (Phi) is 4.94. The molecule has 0 aliphatic carbocycles. The third-order valence-corrected chi connectivity index (χ3v) is 4.98. The number of pyridine rings is 1. The second-order valence-electron chi connectivity index (χ2n) is 5.58. The van der Waals surface area contributed by atoms with Crippen LogP contribution in [0.3, 0.4) is 0 Å². The van der Waals surface area contributed by atoms with Crippen molar-refractivity contribution in [1.29, 1.82) is 0 Å². The highest BCUT2D eigenvalue weighted by Crippen LogP contribution is 2.15.